The Morgan fingerprint density at radius 3 is 2.39 bits per heavy atom. The number of benzene rings is 3. The molecule has 1 aliphatic carbocycles. The SMILES string of the molecule is CCc1cc(-c2ccc(NS(=O)(=O)c3ccccc3C(F)(F)F)cc2C)cc2cnc(NC3CCC(N)CC3)nc12.O=CO. The molecule has 0 unspecified atom stereocenters. The summed E-state index contributed by atoms with van der Waals surface area (Å²) in [7, 11) is -4.48. The molecular weight excluding hydrogens is 595 g/mol. The molecule has 1 saturated carbocycles. The Bertz CT molecular complexity index is 1740. The zero-order chi connectivity index (χ0) is 32.1. The first-order valence-corrected chi connectivity index (χ1v) is 15.5. The predicted molar refractivity (Wildman–Crippen MR) is 164 cm³/mol. The van der Waals surface area contributed by atoms with Crippen molar-refractivity contribution in [2.45, 2.75) is 69.1 Å². The van der Waals surface area contributed by atoms with E-state index in [2.05, 4.69) is 28.0 Å². The first-order chi connectivity index (χ1) is 20.9. The van der Waals surface area contributed by atoms with Crippen LogP contribution in [0.3, 0.4) is 0 Å². The van der Waals surface area contributed by atoms with Crippen LogP contribution in [0, 0.1) is 6.92 Å². The van der Waals surface area contributed by atoms with E-state index in [1.807, 2.05) is 13.0 Å². The molecule has 1 aliphatic rings. The number of hydrogen-bond acceptors (Lipinski definition) is 7. The molecule has 5 rings (SSSR count). The van der Waals surface area contributed by atoms with E-state index in [4.69, 9.17) is 20.6 Å². The van der Waals surface area contributed by atoms with Crippen molar-refractivity contribution in [1.82, 2.24) is 9.97 Å². The van der Waals surface area contributed by atoms with Gasteiger partial charge in [0.05, 0.1) is 16.0 Å². The van der Waals surface area contributed by atoms with Crippen molar-refractivity contribution in [2.24, 2.45) is 5.73 Å². The van der Waals surface area contributed by atoms with Gasteiger partial charge in [0.15, 0.2) is 0 Å². The molecule has 0 saturated heterocycles. The Kier molecular flexibility index (Phi) is 10.1. The van der Waals surface area contributed by atoms with Gasteiger partial charge in [-0.1, -0.05) is 25.1 Å². The van der Waals surface area contributed by atoms with Gasteiger partial charge < -0.3 is 16.2 Å². The zero-order valence-corrected chi connectivity index (χ0v) is 25.0. The summed E-state index contributed by atoms with van der Waals surface area (Å²) in [6.07, 6.45) is 1.69. The van der Waals surface area contributed by atoms with Crippen LogP contribution in [0.5, 0.6) is 0 Å². The minimum absolute atomic E-state index is 0.169. The quantitative estimate of drug-likeness (QED) is 0.173. The highest BCUT2D eigenvalue weighted by Crippen LogP contribution is 2.36. The fraction of sp³-hybridized carbons (Fsp3) is 0.323. The van der Waals surface area contributed by atoms with Gasteiger partial charge >= 0.3 is 6.18 Å². The molecule has 13 heteroatoms. The highest BCUT2D eigenvalue weighted by atomic mass is 32.2. The second-order valence-corrected chi connectivity index (χ2v) is 12.3. The van der Waals surface area contributed by atoms with Crippen LogP contribution in [0.2, 0.25) is 0 Å². The van der Waals surface area contributed by atoms with Gasteiger partial charge in [-0.05, 0) is 97.7 Å². The Balaban J connectivity index is 0.00000141. The standard InChI is InChI=1S/C30H32F3N5O2S.CH2O2/c1-3-19-15-20(16-21-17-35-29(37-28(19)21)36-23-10-8-22(34)9-11-23)25-13-12-24(14-18(25)2)38-41(39,40)27-7-5-4-6-26(27)30(31,32)33;2-1-3/h4-7,12-17,22-23,38H,3,8-11,34H2,1-2H3,(H,35,36,37);1H,(H,2,3). The summed E-state index contributed by atoms with van der Waals surface area (Å²) in [5.74, 6) is 0.598. The van der Waals surface area contributed by atoms with Gasteiger partial charge in [0.25, 0.3) is 16.5 Å². The largest absolute Gasteiger partial charge is 0.483 e. The number of halogens is 3. The summed E-state index contributed by atoms with van der Waals surface area (Å²) >= 11 is 0. The molecule has 1 heterocycles. The van der Waals surface area contributed by atoms with Gasteiger partial charge in [-0.25, -0.2) is 18.4 Å². The minimum atomic E-state index is -4.80. The molecule has 1 fully saturated rings. The molecule has 0 radical (unpaired) electrons. The normalized spacial score (nSPS) is 17.0. The third-order valence-corrected chi connectivity index (χ3v) is 8.96. The average Bonchev–Trinajstić information content (AvgIpc) is 2.98. The van der Waals surface area contributed by atoms with Crippen molar-refractivity contribution in [1.29, 1.82) is 0 Å². The van der Waals surface area contributed by atoms with Gasteiger partial charge in [-0.3, -0.25) is 9.52 Å². The van der Waals surface area contributed by atoms with Crippen LogP contribution in [0.25, 0.3) is 22.0 Å². The Hall–Kier alpha value is -4.23. The number of rotatable bonds is 7. The summed E-state index contributed by atoms with van der Waals surface area (Å²) in [6, 6.07) is 13.6. The highest BCUT2D eigenvalue weighted by Gasteiger charge is 2.37. The molecule has 0 bridgehead atoms. The van der Waals surface area contributed by atoms with Gasteiger partial charge in [0.1, 0.15) is 0 Å². The van der Waals surface area contributed by atoms with E-state index < -0.39 is 26.7 Å². The van der Waals surface area contributed by atoms with Crippen LogP contribution in [0.15, 0.2) is 65.7 Å². The number of hydrogen-bond donors (Lipinski definition) is 4. The first kappa shape index (κ1) is 32.7. The van der Waals surface area contributed by atoms with Crippen LogP contribution in [0.4, 0.5) is 24.8 Å². The van der Waals surface area contributed by atoms with Crippen molar-refractivity contribution in [3.05, 3.63) is 77.5 Å². The topological polar surface area (TPSA) is 147 Å². The number of alkyl halides is 3. The van der Waals surface area contributed by atoms with E-state index in [0.717, 1.165) is 83.5 Å². The van der Waals surface area contributed by atoms with Crippen LogP contribution in [0.1, 0.15) is 49.3 Å². The van der Waals surface area contributed by atoms with E-state index in [1.54, 1.807) is 24.4 Å². The number of nitrogens with one attached hydrogen (secondary N) is 2. The molecular formula is C31H34F3N5O4S. The second-order valence-electron chi connectivity index (χ2n) is 10.6. The van der Waals surface area contributed by atoms with Gasteiger partial charge in [-0.15, -0.1) is 0 Å². The number of carboxylic acid groups (broad SMARTS) is 1. The summed E-state index contributed by atoms with van der Waals surface area (Å²) in [4.78, 5) is 16.9. The molecule has 3 aromatic carbocycles. The fourth-order valence-corrected chi connectivity index (χ4v) is 6.63. The molecule has 0 aliphatic heterocycles. The van der Waals surface area contributed by atoms with E-state index >= 15 is 0 Å². The number of sulfonamides is 1. The Labute approximate surface area is 253 Å². The van der Waals surface area contributed by atoms with E-state index in [-0.39, 0.29) is 18.2 Å². The Morgan fingerprint density at radius 1 is 1.07 bits per heavy atom. The lowest BCUT2D eigenvalue weighted by molar-refractivity contribution is -0.139. The lowest BCUT2D eigenvalue weighted by Gasteiger charge is -2.26. The summed E-state index contributed by atoms with van der Waals surface area (Å²) < 4.78 is 68.4. The third kappa shape index (κ3) is 7.64. The summed E-state index contributed by atoms with van der Waals surface area (Å²) in [5.41, 5.74) is 9.42. The van der Waals surface area contributed by atoms with Crippen LogP contribution < -0.4 is 15.8 Å². The van der Waals surface area contributed by atoms with Crippen LogP contribution in [-0.2, 0) is 27.4 Å². The van der Waals surface area contributed by atoms with E-state index in [9.17, 15) is 21.6 Å². The fourth-order valence-electron chi connectivity index (χ4n) is 5.36. The maximum absolute atomic E-state index is 13.4. The van der Waals surface area contributed by atoms with Crippen molar-refractivity contribution in [3.63, 3.8) is 0 Å². The first-order valence-electron chi connectivity index (χ1n) is 14.1. The molecule has 5 N–H and O–H groups in total. The van der Waals surface area contributed by atoms with Crippen molar-refractivity contribution in [2.75, 3.05) is 10.0 Å². The Morgan fingerprint density at radius 2 is 1.75 bits per heavy atom. The predicted octanol–water partition coefficient (Wildman–Crippen LogP) is 6.37. The van der Waals surface area contributed by atoms with E-state index in [0.29, 0.717) is 12.0 Å². The van der Waals surface area contributed by atoms with Gasteiger partial charge in [-0.2, -0.15) is 13.2 Å². The third-order valence-electron chi connectivity index (χ3n) is 7.52. The van der Waals surface area contributed by atoms with Crippen molar-refractivity contribution in [3.8, 4) is 11.1 Å². The minimum Gasteiger partial charge on any atom is -0.483 e. The molecule has 4 aromatic rings. The number of nitrogens with zero attached hydrogens (tertiary/aromatic N) is 2. The highest BCUT2D eigenvalue weighted by molar-refractivity contribution is 7.92. The molecule has 0 spiro atoms. The number of aryl methyl sites for hydroxylation is 2. The number of nitrogens with two attached hydrogens (primary N) is 1. The molecule has 9 nitrogen and oxygen atoms in total. The lowest BCUT2D eigenvalue weighted by atomic mass is 9.92. The van der Waals surface area contributed by atoms with Crippen molar-refractivity contribution < 1.29 is 31.5 Å². The second kappa shape index (κ2) is 13.6. The maximum atomic E-state index is 13.4. The van der Waals surface area contributed by atoms with Crippen molar-refractivity contribution >= 4 is 39.0 Å². The number of fused-ring (bicyclic) bond motifs is 1. The van der Waals surface area contributed by atoms with Gasteiger partial charge in [0, 0.05) is 29.4 Å². The summed E-state index contributed by atoms with van der Waals surface area (Å²) in [5, 5.41) is 11.2. The average molecular weight is 630 g/mol. The number of aromatic nitrogens is 2. The molecule has 1 aromatic heterocycles. The summed E-state index contributed by atoms with van der Waals surface area (Å²) in [6.45, 7) is 3.63. The van der Waals surface area contributed by atoms with Crippen LogP contribution in [-0.4, -0.2) is 42.0 Å². The molecule has 0 amide bonds. The smallest absolute Gasteiger partial charge is 0.417 e. The van der Waals surface area contributed by atoms with Gasteiger partial charge in [0.2, 0.25) is 5.95 Å². The molecule has 44 heavy (non-hydrogen) atoms. The monoisotopic (exact) mass is 629 g/mol. The molecule has 234 valence electrons. The number of carbonyl (C=O) groups is 1. The molecule has 0 atom stereocenters. The lowest BCUT2D eigenvalue weighted by Crippen LogP contribution is -2.33. The van der Waals surface area contributed by atoms with Crippen LogP contribution >= 0.6 is 0 Å². The zero-order valence-electron chi connectivity index (χ0n) is 24.2. The number of anilines is 2. The maximum Gasteiger partial charge on any atom is 0.417 e. The van der Waals surface area contributed by atoms with E-state index in [1.165, 1.54) is 6.07 Å².